The molecule has 0 amide bonds. The molecule has 0 radical (unpaired) electrons. The van der Waals surface area contributed by atoms with Crippen LogP contribution in [0.5, 0.6) is 5.75 Å². The quantitative estimate of drug-likeness (QED) is 0.413. The zero-order valence-corrected chi connectivity index (χ0v) is 11.8. The third kappa shape index (κ3) is 4.37. The number of hydrogen-bond donors (Lipinski definition) is 1. The average Bonchev–Trinajstić information content (AvgIpc) is 2.49. The molecule has 0 spiro atoms. The van der Waals surface area contributed by atoms with Gasteiger partial charge in [0.25, 0.3) is 0 Å². The highest BCUT2D eigenvalue weighted by molar-refractivity contribution is 5.75. The van der Waals surface area contributed by atoms with E-state index in [0.29, 0.717) is 18.1 Å². The molecule has 1 aromatic carbocycles. The van der Waals surface area contributed by atoms with Gasteiger partial charge in [0.05, 0.1) is 18.5 Å². The van der Waals surface area contributed by atoms with Gasteiger partial charge in [-0.05, 0) is 18.1 Å². The normalized spacial score (nSPS) is 13.0. The Kier molecular flexibility index (Phi) is 6.18. The summed E-state index contributed by atoms with van der Waals surface area (Å²) in [4.78, 5) is 43.1. The van der Waals surface area contributed by atoms with Crippen molar-refractivity contribution in [2.75, 3.05) is 7.11 Å². The summed E-state index contributed by atoms with van der Waals surface area (Å²) in [5.41, 5.74) is 0.187. The predicted molar refractivity (Wildman–Crippen MR) is 74.7 cm³/mol. The molecule has 1 rings (SSSR count). The summed E-state index contributed by atoms with van der Waals surface area (Å²) in [6, 6.07) is 4.17. The van der Waals surface area contributed by atoms with Gasteiger partial charge in [-0.15, -0.1) is 0 Å². The van der Waals surface area contributed by atoms with Crippen molar-refractivity contribution in [3.63, 3.8) is 0 Å². The van der Waals surface area contributed by atoms with E-state index >= 15 is 0 Å². The van der Waals surface area contributed by atoms with Crippen LogP contribution in [0.4, 0.5) is 5.69 Å². The highest BCUT2D eigenvalue weighted by atomic mass is 16.6. The Morgan fingerprint density at radius 2 is 2.00 bits per heavy atom. The van der Waals surface area contributed by atoms with Gasteiger partial charge in [-0.25, -0.2) is 0 Å². The lowest BCUT2D eigenvalue weighted by Crippen LogP contribution is -2.23. The SMILES string of the molecule is COc1ccc(CC(C=O)C(C=O)CC(=O)O)cc1[N+](=O)[O-]. The minimum atomic E-state index is -1.19. The number of carboxylic acids is 1. The van der Waals surface area contributed by atoms with Crippen molar-refractivity contribution in [1.82, 2.24) is 0 Å². The van der Waals surface area contributed by atoms with Gasteiger partial charge in [0.1, 0.15) is 12.6 Å². The Labute approximate surface area is 125 Å². The number of nitrogens with zero attached hydrogens (tertiary/aromatic N) is 1. The number of benzene rings is 1. The Balaban J connectivity index is 3.02. The number of nitro groups is 1. The fraction of sp³-hybridized carbons (Fsp3) is 0.357. The number of hydrogen-bond acceptors (Lipinski definition) is 6. The van der Waals surface area contributed by atoms with Gasteiger partial charge < -0.3 is 19.4 Å². The van der Waals surface area contributed by atoms with E-state index < -0.39 is 29.1 Å². The number of carbonyl (C=O) groups is 3. The summed E-state index contributed by atoms with van der Waals surface area (Å²) < 4.78 is 4.87. The maximum absolute atomic E-state index is 11.1. The first-order valence-corrected chi connectivity index (χ1v) is 6.36. The minimum Gasteiger partial charge on any atom is -0.490 e. The van der Waals surface area contributed by atoms with Crippen LogP contribution in [0.3, 0.4) is 0 Å². The van der Waals surface area contributed by atoms with Crippen LogP contribution in [0.1, 0.15) is 12.0 Å². The monoisotopic (exact) mass is 309 g/mol. The Bertz CT molecular complexity index is 585. The standard InChI is InChI=1S/C14H15NO7/c1-22-13-3-2-9(5-12(13)15(20)21)4-10(7-16)11(8-17)6-14(18)19/h2-3,5,7-8,10-11H,4,6H2,1H3,(H,18,19). The molecule has 118 valence electrons. The van der Waals surface area contributed by atoms with Crippen LogP contribution in [0.15, 0.2) is 18.2 Å². The first-order valence-electron chi connectivity index (χ1n) is 6.36. The first-order chi connectivity index (χ1) is 10.4. The maximum atomic E-state index is 11.1. The van der Waals surface area contributed by atoms with Gasteiger partial charge in [-0.2, -0.15) is 0 Å². The fourth-order valence-corrected chi connectivity index (χ4v) is 2.08. The maximum Gasteiger partial charge on any atom is 0.311 e. The number of rotatable bonds is 9. The van der Waals surface area contributed by atoms with Crippen molar-refractivity contribution in [2.45, 2.75) is 12.8 Å². The van der Waals surface area contributed by atoms with E-state index in [1.165, 1.54) is 25.3 Å². The summed E-state index contributed by atoms with van der Waals surface area (Å²) in [5.74, 6) is -2.95. The van der Waals surface area contributed by atoms with Crippen molar-refractivity contribution in [1.29, 1.82) is 0 Å². The molecule has 2 atom stereocenters. The topological polar surface area (TPSA) is 124 Å². The van der Waals surface area contributed by atoms with Crippen molar-refractivity contribution in [3.05, 3.63) is 33.9 Å². The number of methoxy groups -OCH3 is 1. The molecule has 0 heterocycles. The zero-order chi connectivity index (χ0) is 16.7. The molecule has 0 fully saturated rings. The molecule has 0 aromatic heterocycles. The van der Waals surface area contributed by atoms with Crippen LogP contribution >= 0.6 is 0 Å². The Hall–Kier alpha value is -2.77. The molecular weight excluding hydrogens is 294 g/mol. The number of ether oxygens (including phenoxy) is 1. The smallest absolute Gasteiger partial charge is 0.311 e. The van der Waals surface area contributed by atoms with Crippen LogP contribution in [0, 0.1) is 22.0 Å². The van der Waals surface area contributed by atoms with E-state index in [0.717, 1.165) is 0 Å². The molecule has 0 bridgehead atoms. The largest absolute Gasteiger partial charge is 0.490 e. The molecule has 0 aliphatic carbocycles. The van der Waals surface area contributed by atoms with Crippen LogP contribution in [-0.4, -0.2) is 35.7 Å². The van der Waals surface area contributed by atoms with Crippen molar-refractivity contribution < 1.29 is 29.2 Å². The molecule has 1 N–H and O–H groups in total. The first kappa shape index (κ1) is 17.3. The minimum absolute atomic E-state index is 0.0328. The number of aliphatic carboxylic acids is 1. The summed E-state index contributed by atoms with van der Waals surface area (Å²) in [6.07, 6.45) is 0.485. The molecule has 1 aromatic rings. The molecular formula is C14H15NO7. The molecule has 2 unspecified atom stereocenters. The van der Waals surface area contributed by atoms with Gasteiger partial charge in [0.2, 0.25) is 0 Å². The molecule has 0 saturated carbocycles. The highest BCUT2D eigenvalue weighted by Crippen LogP contribution is 2.29. The lowest BCUT2D eigenvalue weighted by Gasteiger charge is -2.16. The van der Waals surface area contributed by atoms with Gasteiger partial charge >= 0.3 is 11.7 Å². The second-order valence-corrected chi connectivity index (χ2v) is 4.67. The van der Waals surface area contributed by atoms with Gasteiger partial charge in [-0.1, -0.05) is 6.07 Å². The van der Waals surface area contributed by atoms with Crippen molar-refractivity contribution in [2.24, 2.45) is 11.8 Å². The third-order valence-electron chi connectivity index (χ3n) is 3.22. The van der Waals surface area contributed by atoms with E-state index in [4.69, 9.17) is 9.84 Å². The van der Waals surface area contributed by atoms with E-state index in [1.807, 2.05) is 0 Å². The highest BCUT2D eigenvalue weighted by Gasteiger charge is 2.25. The molecule has 0 saturated heterocycles. The summed E-state index contributed by atoms with van der Waals surface area (Å²) in [7, 11) is 1.30. The Morgan fingerprint density at radius 3 is 2.45 bits per heavy atom. The second kappa shape index (κ2) is 7.87. The molecule has 8 nitrogen and oxygen atoms in total. The van der Waals surface area contributed by atoms with Crippen LogP contribution in [0.2, 0.25) is 0 Å². The molecule has 0 aliphatic rings. The number of carbonyl (C=O) groups excluding carboxylic acids is 2. The Morgan fingerprint density at radius 1 is 1.36 bits per heavy atom. The van der Waals surface area contributed by atoms with Crippen molar-refractivity contribution in [3.8, 4) is 5.75 Å². The van der Waals surface area contributed by atoms with Crippen LogP contribution in [-0.2, 0) is 20.8 Å². The predicted octanol–water partition coefficient (Wildman–Crippen LogP) is 1.25. The lowest BCUT2D eigenvalue weighted by molar-refractivity contribution is -0.385. The molecule has 8 heteroatoms. The summed E-state index contributed by atoms with van der Waals surface area (Å²) >= 11 is 0. The number of carboxylic acid groups (broad SMARTS) is 1. The van der Waals surface area contributed by atoms with E-state index in [2.05, 4.69) is 0 Å². The fourth-order valence-electron chi connectivity index (χ4n) is 2.08. The lowest BCUT2D eigenvalue weighted by atomic mass is 9.86. The van der Waals surface area contributed by atoms with Crippen LogP contribution < -0.4 is 4.74 Å². The van der Waals surface area contributed by atoms with Crippen molar-refractivity contribution >= 4 is 24.2 Å². The van der Waals surface area contributed by atoms with E-state index in [-0.39, 0.29) is 17.9 Å². The molecule has 0 aliphatic heterocycles. The number of nitro benzene ring substituents is 1. The van der Waals surface area contributed by atoms with E-state index in [1.54, 1.807) is 0 Å². The average molecular weight is 309 g/mol. The summed E-state index contributed by atoms with van der Waals surface area (Å²) in [5, 5.41) is 19.7. The third-order valence-corrected chi connectivity index (χ3v) is 3.22. The second-order valence-electron chi connectivity index (χ2n) is 4.67. The van der Waals surface area contributed by atoms with Crippen LogP contribution in [0.25, 0.3) is 0 Å². The zero-order valence-electron chi connectivity index (χ0n) is 11.8. The van der Waals surface area contributed by atoms with Gasteiger partial charge in [-0.3, -0.25) is 14.9 Å². The summed E-state index contributed by atoms with van der Waals surface area (Å²) in [6.45, 7) is 0. The van der Waals surface area contributed by atoms with E-state index in [9.17, 15) is 24.5 Å². The van der Waals surface area contributed by atoms with Gasteiger partial charge in [0, 0.05) is 17.9 Å². The molecule has 22 heavy (non-hydrogen) atoms. The number of aldehydes is 2. The van der Waals surface area contributed by atoms with Gasteiger partial charge in [0.15, 0.2) is 5.75 Å².